The first-order valence-electron chi connectivity index (χ1n) is 6.47. The molecule has 1 N–H and O–H groups in total. The van der Waals surface area contributed by atoms with Crippen LogP contribution in [0, 0.1) is 12.8 Å². The lowest BCUT2D eigenvalue weighted by Crippen LogP contribution is -2.38. The molecule has 0 aromatic carbocycles. The van der Waals surface area contributed by atoms with Crippen LogP contribution in [-0.2, 0) is 17.7 Å². The maximum absolute atomic E-state index is 10.7. The van der Waals surface area contributed by atoms with Crippen LogP contribution in [0.4, 0.5) is 0 Å². The van der Waals surface area contributed by atoms with Crippen LogP contribution < -0.4 is 0 Å². The van der Waals surface area contributed by atoms with Gasteiger partial charge in [0.05, 0.1) is 28.1 Å². The lowest BCUT2D eigenvalue weighted by atomic mass is 9.84. The Labute approximate surface area is 116 Å². The van der Waals surface area contributed by atoms with E-state index >= 15 is 0 Å². The van der Waals surface area contributed by atoms with Gasteiger partial charge in [-0.15, -0.1) is 0 Å². The number of aliphatic hydroxyl groups is 1. The van der Waals surface area contributed by atoms with Crippen LogP contribution in [-0.4, -0.2) is 33.7 Å². The normalized spacial score (nSPS) is 23.3. The van der Waals surface area contributed by atoms with Crippen molar-refractivity contribution in [2.75, 3.05) is 13.2 Å². The zero-order chi connectivity index (χ0) is 13.3. The van der Waals surface area contributed by atoms with Crippen LogP contribution in [0.25, 0.3) is 0 Å². The Balaban J connectivity index is 2.22. The van der Waals surface area contributed by atoms with Crippen molar-refractivity contribution in [1.82, 2.24) is 9.78 Å². The Kier molecular flexibility index (Phi) is 4.14. The summed E-state index contributed by atoms with van der Waals surface area (Å²) in [4.78, 5) is 0. The van der Waals surface area contributed by atoms with Gasteiger partial charge in [0.2, 0.25) is 0 Å². The Morgan fingerprint density at radius 3 is 2.89 bits per heavy atom. The van der Waals surface area contributed by atoms with Crippen LogP contribution in [0.15, 0.2) is 4.47 Å². The number of aromatic nitrogens is 2. The Bertz CT molecular complexity index is 423. The van der Waals surface area contributed by atoms with Gasteiger partial charge >= 0.3 is 0 Å². The first-order chi connectivity index (χ1) is 8.45. The van der Waals surface area contributed by atoms with Gasteiger partial charge < -0.3 is 9.84 Å². The molecular weight excluding hydrogens is 296 g/mol. The molecule has 2 unspecified atom stereocenters. The van der Waals surface area contributed by atoms with E-state index in [9.17, 15) is 5.11 Å². The van der Waals surface area contributed by atoms with Gasteiger partial charge in [0.15, 0.2) is 0 Å². The Morgan fingerprint density at radius 1 is 1.61 bits per heavy atom. The van der Waals surface area contributed by atoms with Gasteiger partial charge in [-0.1, -0.05) is 0 Å². The fourth-order valence-electron chi connectivity index (χ4n) is 2.55. The first-order valence-corrected chi connectivity index (χ1v) is 7.27. The molecule has 1 aromatic rings. The summed E-state index contributed by atoms with van der Waals surface area (Å²) in [6, 6.07) is 0. The molecule has 2 heterocycles. The molecule has 1 fully saturated rings. The fourth-order valence-corrected chi connectivity index (χ4v) is 2.97. The van der Waals surface area contributed by atoms with Gasteiger partial charge in [-0.2, -0.15) is 5.10 Å². The third-order valence-electron chi connectivity index (χ3n) is 3.79. The van der Waals surface area contributed by atoms with E-state index in [1.165, 1.54) is 0 Å². The third kappa shape index (κ3) is 2.63. The lowest BCUT2D eigenvalue weighted by molar-refractivity contribution is -0.00624. The van der Waals surface area contributed by atoms with E-state index in [2.05, 4.69) is 28.0 Å². The quantitative estimate of drug-likeness (QED) is 0.927. The van der Waals surface area contributed by atoms with Gasteiger partial charge in [0.1, 0.15) is 0 Å². The molecule has 0 amide bonds. The van der Waals surface area contributed by atoms with Crippen molar-refractivity contribution in [2.24, 2.45) is 5.92 Å². The molecule has 4 nitrogen and oxygen atoms in total. The second-order valence-electron chi connectivity index (χ2n) is 5.26. The van der Waals surface area contributed by atoms with Crippen molar-refractivity contribution < 1.29 is 9.84 Å². The molecule has 1 saturated heterocycles. The Morgan fingerprint density at radius 2 is 2.33 bits per heavy atom. The zero-order valence-electron chi connectivity index (χ0n) is 11.2. The summed E-state index contributed by atoms with van der Waals surface area (Å²) in [7, 11) is 0. The predicted octanol–water partition coefficient (Wildman–Crippen LogP) is 2.30. The molecule has 0 spiro atoms. The maximum atomic E-state index is 10.7. The van der Waals surface area contributed by atoms with E-state index in [0.717, 1.165) is 35.4 Å². The van der Waals surface area contributed by atoms with E-state index in [4.69, 9.17) is 4.74 Å². The van der Waals surface area contributed by atoms with Crippen LogP contribution in [0.2, 0.25) is 0 Å². The summed E-state index contributed by atoms with van der Waals surface area (Å²) in [5, 5.41) is 15.1. The molecule has 2 atom stereocenters. The third-order valence-corrected chi connectivity index (χ3v) is 4.82. The number of aryl methyl sites for hydroxylation is 2. The van der Waals surface area contributed by atoms with Gasteiger partial charge in [0, 0.05) is 25.5 Å². The highest BCUT2D eigenvalue weighted by Crippen LogP contribution is 2.32. The minimum absolute atomic E-state index is 0.213. The number of ether oxygens (including phenoxy) is 1. The topological polar surface area (TPSA) is 47.3 Å². The lowest BCUT2D eigenvalue weighted by Gasteiger charge is -2.29. The molecule has 0 saturated carbocycles. The average molecular weight is 317 g/mol. The van der Waals surface area contributed by atoms with Crippen molar-refractivity contribution >= 4 is 15.9 Å². The van der Waals surface area contributed by atoms with E-state index in [1.54, 1.807) is 0 Å². The second-order valence-corrected chi connectivity index (χ2v) is 6.05. The van der Waals surface area contributed by atoms with Crippen molar-refractivity contribution in [3.05, 3.63) is 15.9 Å². The standard InChI is InChI=1S/C13H21BrN2O2/c1-4-16-11(12(14)9(2)15-16)7-13(3,17)10-5-6-18-8-10/h10,17H,4-8H2,1-3H3. The second kappa shape index (κ2) is 5.31. The molecule has 0 radical (unpaired) electrons. The molecule has 5 heteroatoms. The highest BCUT2D eigenvalue weighted by Gasteiger charge is 2.36. The van der Waals surface area contributed by atoms with E-state index in [0.29, 0.717) is 13.0 Å². The number of rotatable bonds is 4. The average Bonchev–Trinajstić information content (AvgIpc) is 2.93. The Hall–Kier alpha value is -0.390. The summed E-state index contributed by atoms with van der Waals surface area (Å²) >= 11 is 3.58. The summed E-state index contributed by atoms with van der Waals surface area (Å²) in [5.41, 5.74) is 1.32. The minimum Gasteiger partial charge on any atom is -0.389 e. The van der Waals surface area contributed by atoms with Crippen molar-refractivity contribution in [3.63, 3.8) is 0 Å². The molecule has 0 aliphatic carbocycles. The van der Waals surface area contributed by atoms with Gasteiger partial charge in [0.25, 0.3) is 0 Å². The van der Waals surface area contributed by atoms with Gasteiger partial charge in [-0.25, -0.2) is 0 Å². The molecular formula is C13H21BrN2O2. The van der Waals surface area contributed by atoms with Gasteiger partial charge in [-0.05, 0) is 43.1 Å². The minimum atomic E-state index is -0.738. The number of nitrogens with zero attached hydrogens (tertiary/aromatic N) is 2. The monoisotopic (exact) mass is 316 g/mol. The van der Waals surface area contributed by atoms with Crippen LogP contribution >= 0.6 is 15.9 Å². The smallest absolute Gasteiger partial charge is 0.0738 e. The molecule has 0 bridgehead atoms. The molecule has 102 valence electrons. The number of hydrogen-bond acceptors (Lipinski definition) is 3. The maximum Gasteiger partial charge on any atom is 0.0738 e. The SMILES string of the molecule is CCn1nc(C)c(Br)c1CC(C)(O)C1CCOC1. The van der Waals surface area contributed by atoms with Crippen molar-refractivity contribution in [2.45, 2.75) is 45.8 Å². The van der Waals surface area contributed by atoms with Crippen LogP contribution in [0.5, 0.6) is 0 Å². The van der Waals surface area contributed by atoms with Crippen LogP contribution in [0.3, 0.4) is 0 Å². The van der Waals surface area contributed by atoms with Crippen molar-refractivity contribution in [1.29, 1.82) is 0 Å². The molecule has 1 aliphatic heterocycles. The summed E-state index contributed by atoms with van der Waals surface area (Å²) < 4.78 is 8.36. The highest BCUT2D eigenvalue weighted by atomic mass is 79.9. The number of halogens is 1. The van der Waals surface area contributed by atoms with Gasteiger partial charge in [-0.3, -0.25) is 4.68 Å². The molecule has 2 rings (SSSR count). The summed E-state index contributed by atoms with van der Waals surface area (Å²) in [6.07, 6.45) is 1.54. The van der Waals surface area contributed by atoms with Crippen LogP contribution in [0.1, 0.15) is 31.7 Å². The number of hydrogen-bond donors (Lipinski definition) is 1. The first kappa shape index (κ1) is 14.0. The molecule has 1 aliphatic rings. The highest BCUT2D eigenvalue weighted by molar-refractivity contribution is 9.10. The molecule has 1 aromatic heterocycles. The predicted molar refractivity (Wildman–Crippen MR) is 73.6 cm³/mol. The van der Waals surface area contributed by atoms with E-state index in [-0.39, 0.29) is 5.92 Å². The summed E-state index contributed by atoms with van der Waals surface area (Å²) in [6.45, 7) is 8.18. The van der Waals surface area contributed by atoms with E-state index < -0.39 is 5.60 Å². The fraction of sp³-hybridized carbons (Fsp3) is 0.769. The summed E-state index contributed by atoms with van der Waals surface area (Å²) in [5.74, 6) is 0.213. The zero-order valence-corrected chi connectivity index (χ0v) is 12.8. The largest absolute Gasteiger partial charge is 0.389 e. The van der Waals surface area contributed by atoms with E-state index in [1.807, 2.05) is 18.5 Å². The molecule has 18 heavy (non-hydrogen) atoms. The van der Waals surface area contributed by atoms with Crippen molar-refractivity contribution in [3.8, 4) is 0 Å².